The van der Waals surface area contributed by atoms with Crippen molar-refractivity contribution in [3.8, 4) is 11.5 Å². The van der Waals surface area contributed by atoms with Gasteiger partial charge in [0.2, 0.25) is 0 Å². The molecule has 3 aromatic rings. The Bertz CT molecular complexity index is 830. The van der Waals surface area contributed by atoms with Crippen molar-refractivity contribution in [2.45, 2.75) is 20.0 Å². The lowest BCUT2D eigenvalue weighted by Crippen LogP contribution is -2.24. The van der Waals surface area contributed by atoms with Gasteiger partial charge in [-0.15, -0.1) is 0 Å². The van der Waals surface area contributed by atoms with Crippen LogP contribution in [0.3, 0.4) is 0 Å². The summed E-state index contributed by atoms with van der Waals surface area (Å²) in [5.41, 5.74) is 3.52. The van der Waals surface area contributed by atoms with Crippen molar-refractivity contribution >= 4 is 21.7 Å². The van der Waals surface area contributed by atoms with E-state index in [0.717, 1.165) is 40.4 Å². The molecule has 1 heterocycles. The summed E-state index contributed by atoms with van der Waals surface area (Å²) >= 11 is 3.62. The Labute approximate surface area is 168 Å². The van der Waals surface area contributed by atoms with E-state index >= 15 is 0 Å². The van der Waals surface area contributed by atoms with E-state index in [1.807, 2.05) is 36.5 Å². The van der Waals surface area contributed by atoms with Gasteiger partial charge in [0.15, 0.2) is 0 Å². The number of benzene rings is 2. The van der Waals surface area contributed by atoms with Gasteiger partial charge in [0, 0.05) is 29.3 Å². The average molecular weight is 427 g/mol. The first-order valence-electron chi connectivity index (χ1n) is 8.72. The Morgan fingerprint density at radius 2 is 1.30 bits per heavy atom. The monoisotopic (exact) mass is 426 g/mol. The molecule has 2 aromatic carbocycles. The fourth-order valence-corrected chi connectivity index (χ4v) is 3.22. The summed E-state index contributed by atoms with van der Waals surface area (Å²) in [6, 6.07) is 18.3. The molecule has 0 aliphatic heterocycles. The van der Waals surface area contributed by atoms with Gasteiger partial charge in [0.25, 0.3) is 0 Å². The first-order chi connectivity index (χ1) is 13.1. The predicted octanol–water partition coefficient (Wildman–Crippen LogP) is 5.38. The van der Waals surface area contributed by atoms with Crippen molar-refractivity contribution in [3.05, 3.63) is 82.0 Å². The molecular formula is C22H23BrN2O2. The SMILES string of the molecule is COc1ccc(CN(Cc2ccc(OC)cc2)c2nccc(Br)c2C)cc1. The minimum absolute atomic E-state index is 0.750. The molecule has 0 saturated carbocycles. The van der Waals surface area contributed by atoms with Crippen molar-refractivity contribution in [2.24, 2.45) is 0 Å². The van der Waals surface area contributed by atoms with E-state index < -0.39 is 0 Å². The van der Waals surface area contributed by atoms with Crippen LogP contribution in [-0.2, 0) is 13.1 Å². The zero-order valence-corrected chi connectivity index (χ0v) is 17.4. The molecular weight excluding hydrogens is 404 g/mol. The molecule has 0 aliphatic rings. The molecule has 1 aromatic heterocycles. The lowest BCUT2D eigenvalue weighted by atomic mass is 10.1. The molecule has 27 heavy (non-hydrogen) atoms. The van der Waals surface area contributed by atoms with Gasteiger partial charge in [-0.05, 0) is 48.4 Å². The van der Waals surface area contributed by atoms with E-state index in [0.29, 0.717) is 0 Å². The lowest BCUT2D eigenvalue weighted by molar-refractivity contribution is 0.414. The second-order valence-electron chi connectivity index (χ2n) is 6.29. The molecule has 0 spiro atoms. The van der Waals surface area contributed by atoms with Crippen LogP contribution < -0.4 is 14.4 Å². The highest BCUT2D eigenvalue weighted by Gasteiger charge is 2.14. The van der Waals surface area contributed by atoms with Crippen LogP contribution in [0.2, 0.25) is 0 Å². The Balaban J connectivity index is 1.90. The van der Waals surface area contributed by atoms with Crippen LogP contribution in [0.4, 0.5) is 5.82 Å². The number of anilines is 1. The van der Waals surface area contributed by atoms with Crippen LogP contribution in [0, 0.1) is 6.92 Å². The number of hydrogen-bond donors (Lipinski definition) is 0. The van der Waals surface area contributed by atoms with Crippen LogP contribution in [0.25, 0.3) is 0 Å². The Kier molecular flexibility index (Phi) is 6.35. The van der Waals surface area contributed by atoms with E-state index in [4.69, 9.17) is 9.47 Å². The number of hydrogen-bond acceptors (Lipinski definition) is 4. The largest absolute Gasteiger partial charge is 0.497 e. The van der Waals surface area contributed by atoms with Crippen LogP contribution >= 0.6 is 15.9 Å². The first-order valence-corrected chi connectivity index (χ1v) is 9.52. The van der Waals surface area contributed by atoms with E-state index in [1.165, 1.54) is 11.1 Å². The minimum Gasteiger partial charge on any atom is -0.497 e. The van der Waals surface area contributed by atoms with E-state index in [1.54, 1.807) is 14.2 Å². The van der Waals surface area contributed by atoms with E-state index in [2.05, 4.69) is 57.0 Å². The summed E-state index contributed by atoms with van der Waals surface area (Å²) in [5, 5.41) is 0. The van der Waals surface area contributed by atoms with Gasteiger partial charge in [0.1, 0.15) is 17.3 Å². The number of pyridine rings is 1. The third-order valence-electron chi connectivity index (χ3n) is 4.48. The van der Waals surface area contributed by atoms with Gasteiger partial charge < -0.3 is 14.4 Å². The third-order valence-corrected chi connectivity index (χ3v) is 5.33. The Morgan fingerprint density at radius 3 is 1.74 bits per heavy atom. The molecule has 0 fully saturated rings. The number of halogens is 1. The molecule has 0 bridgehead atoms. The maximum Gasteiger partial charge on any atom is 0.133 e. The van der Waals surface area contributed by atoms with Crippen molar-refractivity contribution in [1.82, 2.24) is 4.98 Å². The normalized spacial score (nSPS) is 10.5. The van der Waals surface area contributed by atoms with Crippen molar-refractivity contribution < 1.29 is 9.47 Å². The molecule has 0 atom stereocenters. The van der Waals surface area contributed by atoms with Crippen LogP contribution in [-0.4, -0.2) is 19.2 Å². The third kappa shape index (κ3) is 4.80. The van der Waals surface area contributed by atoms with Crippen LogP contribution in [0.1, 0.15) is 16.7 Å². The van der Waals surface area contributed by atoms with Gasteiger partial charge in [-0.3, -0.25) is 0 Å². The number of methoxy groups -OCH3 is 2. The van der Waals surface area contributed by atoms with Gasteiger partial charge in [0.05, 0.1) is 14.2 Å². The first kappa shape index (κ1) is 19.2. The number of aromatic nitrogens is 1. The molecule has 140 valence electrons. The number of ether oxygens (including phenoxy) is 2. The summed E-state index contributed by atoms with van der Waals surface area (Å²) in [7, 11) is 3.36. The predicted molar refractivity (Wildman–Crippen MR) is 113 cm³/mol. The quantitative estimate of drug-likeness (QED) is 0.507. The zero-order valence-electron chi connectivity index (χ0n) is 15.8. The van der Waals surface area contributed by atoms with Gasteiger partial charge in [-0.1, -0.05) is 40.2 Å². The summed E-state index contributed by atoms with van der Waals surface area (Å²) in [4.78, 5) is 6.93. The summed E-state index contributed by atoms with van der Waals surface area (Å²) in [6.07, 6.45) is 1.83. The highest BCUT2D eigenvalue weighted by Crippen LogP contribution is 2.28. The lowest BCUT2D eigenvalue weighted by Gasteiger charge is -2.26. The molecule has 0 unspecified atom stereocenters. The topological polar surface area (TPSA) is 34.6 Å². The number of rotatable bonds is 7. The summed E-state index contributed by atoms with van der Waals surface area (Å²) < 4.78 is 11.6. The second kappa shape index (κ2) is 8.91. The average Bonchev–Trinajstić information content (AvgIpc) is 2.71. The smallest absolute Gasteiger partial charge is 0.133 e. The van der Waals surface area contributed by atoms with E-state index in [-0.39, 0.29) is 0 Å². The highest BCUT2D eigenvalue weighted by atomic mass is 79.9. The van der Waals surface area contributed by atoms with Crippen molar-refractivity contribution in [2.75, 3.05) is 19.1 Å². The molecule has 0 aliphatic carbocycles. The molecule has 3 rings (SSSR count). The van der Waals surface area contributed by atoms with Gasteiger partial charge >= 0.3 is 0 Å². The highest BCUT2D eigenvalue weighted by molar-refractivity contribution is 9.10. The molecule has 5 heteroatoms. The fraction of sp³-hybridized carbons (Fsp3) is 0.227. The molecule has 4 nitrogen and oxygen atoms in total. The molecule has 0 saturated heterocycles. The van der Waals surface area contributed by atoms with Gasteiger partial charge in [-0.25, -0.2) is 4.98 Å². The standard InChI is InChI=1S/C22H23BrN2O2/c1-16-21(23)12-13-24-22(16)25(14-17-4-8-19(26-2)9-5-17)15-18-6-10-20(27-3)11-7-18/h4-13H,14-15H2,1-3H3. The zero-order chi connectivity index (χ0) is 19.2. The summed E-state index contributed by atoms with van der Waals surface area (Å²) in [5.74, 6) is 2.69. The Hall–Kier alpha value is -2.53. The van der Waals surface area contributed by atoms with Crippen molar-refractivity contribution in [3.63, 3.8) is 0 Å². The molecule has 0 N–H and O–H groups in total. The maximum atomic E-state index is 5.27. The fourth-order valence-electron chi connectivity index (χ4n) is 2.93. The number of nitrogens with zero attached hydrogens (tertiary/aromatic N) is 2. The van der Waals surface area contributed by atoms with Gasteiger partial charge in [-0.2, -0.15) is 0 Å². The molecule has 0 radical (unpaired) electrons. The van der Waals surface area contributed by atoms with Crippen LogP contribution in [0.5, 0.6) is 11.5 Å². The second-order valence-corrected chi connectivity index (χ2v) is 7.15. The Morgan fingerprint density at radius 1 is 0.815 bits per heavy atom. The van der Waals surface area contributed by atoms with Crippen molar-refractivity contribution in [1.29, 1.82) is 0 Å². The molecule has 0 amide bonds. The minimum atomic E-state index is 0.750. The maximum absolute atomic E-state index is 5.27. The van der Waals surface area contributed by atoms with Crippen LogP contribution in [0.15, 0.2) is 65.3 Å². The summed E-state index contributed by atoms with van der Waals surface area (Å²) in [6.45, 7) is 3.59. The van der Waals surface area contributed by atoms with E-state index in [9.17, 15) is 0 Å².